The molecule has 0 radical (unpaired) electrons. The summed E-state index contributed by atoms with van der Waals surface area (Å²) in [4.78, 5) is 33.4. The van der Waals surface area contributed by atoms with Crippen molar-refractivity contribution in [3.8, 4) is 0 Å². The third kappa shape index (κ3) is 2.99. The number of rotatable bonds is 5. The van der Waals surface area contributed by atoms with Gasteiger partial charge in [0.1, 0.15) is 11.4 Å². The van der Waals surface area contributed by atoms with Crippen LogP contribution in [-0.2, 0) is 15.1 Å². The van der Waals surface area contributed by atoms with Crippen molar-refractivity contribution in [3.05, 3.63) is 29.6 Å². The Balaban J connectivity index is 2.00. The molecular weight excluding hydrogens is 308 g/mol. The molecule has 0 spiro atoms. The third-order valence-electron chi connectivity index (χ3n) is 4.59. The fraction of sp³-hybridized carbons (Fsp3) is 0.471. The summed E-state index contributed by atoms with van der Waals surface area (Å²) in [5, 5.41) is 12.0. The van der Waals surface area contributed by atoms with E-state index in [0.29, 0.717) is 13.1 Å². The summed E-state index contributed by atoms with van der Waals surface area (Å²) in [6, 6.07) is 5.57. The van der Waals surface area contributed by atoms with E-state index in [4.69, 9.17) is 5.11 Å². The maximum atomic E-state index is 13.1. The number of benzene rings is 1. The third-order valence-corrected chi connectivity index (χ3v) is 4.59. The number of carbonyl (C=O) groups is 2. The van der Waals surface area contributed by atoms with Crippen LogP contribution in [0.4, 0.5) is 0 Å². The van der Waals surface area contributed by atoms with Crippen molar-refractivity contribution in [2.75, 3.05) is 19.6 Å². The number of likely N-dealkylation sites (tertiary alicyclic amines) is 1. The van der Waals surface area contributed by atoms with E-state index in [2.05, 4.69) is 15.3 Å². The minimum Gasteiger partial charge on any atom is -0.480 e. The van der Waals surface area contributed by atoms with Gasteiger partial charge in [0.15, 0.2) is 0 Å². The predicted octanol–water partition coefficient (Wildman–Crippen LogP) is 1.38. The smallest absolute Gasteiger partial charge is 0.317 e. The van der Waals surface area contributed by atoms with Crippen LogP contribution in [0.5, 0.6) is 0 Å². The van der Waals surface area contributed by atoms with Gasteiger partial charge in [-0.15, -0.1) is 0 Å². The number of aryl methyl sites for hydroxylation is 1. The van der Waals surface area contributed by atoms with Crippen LogP contribution in [0.3, 0.4) is 0 Å². The summed E-state index contributed by atoms with van der Waals surface area (Å²) in [7, 11) is 0. The lowest BCUT2D eigenvalue weighted by Gasteiger charge is -2.33. The van der Waals surface area contributed by atoms with E-state index in [1.807, 2.05) is 25.1 Å². The Morgan fingerprint density at radius 1 is 1.38 bits per heavy atom. The van der Waals surface area contributed by atoms with Crippen molar-refractivity contribution in [1.82, 2.24) is 20.2 Å². The zero-order valence-electron chi connectivity index (χ0n) is 13.9. The van der Waals surface area contributed by atoms with Crippen molar-refractivity contribution in [1.29, 1.82) is 0 Å². The quantitative estimate of drug-likeness (QED) is 0.769. The van der Waals surface area contributed by atoms with Crippen LogP contribution in [0, 0.1) is 6.92 Å². The Morgan fingerprint density at radius 3 is 2.75 bits per heavy atom. The number of aliphatic carboxylic acids is 1. The highest BCUT2D eigenvalue weighted by molar-refractivity contribution is 5.89. The summed E-state index contributed by atoms with van der Waals surface area (Å²) >= 11 is 0. The van der Waals surface area contributed by atoms with Gasteiger partial charge >= 0.3 is 5.97 Å². The molecule has 1 aromatic heterocycles. The molecule has 1 amide bonds. The summed E-state index contributed by atoms with van der Waals surface area (Å²) in [5.74, 6) is -0.279. The first-order chi connectivity index (χ1) is 11.4. The van der Waals surface area contributed by atoms with Crippen LogP contribution in [-0.4, -0.2) is 51.5 Å². The summed E-state index contributed by atoms with van der Waals surface area (Å²) in [5.41, 5.74) is 1.31. The minimum absolute atomic E-state index is 0.0863. The van der Waals surface area contributed by atoms with Gasteiger partial charge in [-0.05, 0) is 44.4 Å². The Morgan fingerprint density at radius 2 is 2.08 bits per heavy atom. The molecule has 3 rings (SSSR count). The number of carboxylic acids is 1. The van der Waals surface area contributed by atoms with Crippen molar-refractivity contribution >= 4 is 22.9 Å². The fourth-order valence-corrected chi connectivity index (χ4v) is 3.24. The zero-order chi connectivity index (χ0) is 17.3. The zero-order valence-corrected chi connectivity index (χ0v) is 13.9. The number of carboxylic acid groups (broad SMARTS) is 1. The molecule has 24 heavy (non-hydrogen) atoms. The largest absolute Gasteiger partial charge is 0.480 e. The Bertz CT molecular complexity index is 779. The average molecular weight is 330 g/mol. The van der Waals surface area contributed by atoms with Crippen LogP contribution in [0.1, 0.15) is 31.2 Å². The number of aromatic nitrogens is 2. The Kier molecular flexibility index (Phi) is 4.28. The molecule has 0 saturated carbocycles. The number of imidazole rings is 1. The van der Waals surface area contributed by atoms with Gasteiger partial charge in [0.25, 0.3) is 0 Å². The summed E-state index contributed by atoms with van der Waals surface area (Å²) < 4.78 is 0. The number of aromatic amines is 1. The van der Waals surface area contributed by atoms with E-state index in [9.17, 15) is 9.59 Å². The molecule has 7 nitrogen and oxygen atoms in total. The van der Waals surface area contributed by atoms with Gasteiger partial charge in [-0.3, -0.25) is 14.9 Å². The second kappa shape index (κ2) is 6.24. The van der Waals surface area contributed by atoms with E-state index >= 15 is 0 Å². The fourth-order valence-electron chi connectivity index (χ4n) is 3.24. The molecule has 0 bridgehead atoms. The second-order valence-corrected chi connectivity index (χ2v) is 6.43. The number of amides is 1. The lowest BCUT2D eigenvalue weighted by atomic mass is 9.89. The number of H-pyrrole nitrogens is 1. The Hall–Kier alpha value is -2.41. The molecule has 7 heteroatoms. The molecule has 0 aliphatic carbocycles. The van der Waals surface area contributed by atoms with Gasteiger partial charge in [-0.1, -0.05) is 6.07 Å². The molecule has 128 valence electrons. The first kappa shape index (κ1) is 16.4. The monoisotopic (exact) mass is 330 g/mol. The predicted molar refractivity (Wildman–Crippen MR) is 89.6 cm³/mol. The van der Waals surface area contributed by atoms with Gasteiger partial charge in [-0.25, -0.2) is 4.98 Å². The van der Waals surface area contributed by atoms with Crippen molar-refractivity contribution in [3.63, 3.8) is 0 Å². The topological polar surface area (TPSA) is 98.3 Å². The lowest BCUT2D eigenvalue weighted by Crippen LogP contribution is -2.54. The maximum Gasteiger partial charge on any atom is 0.317 e. The Labute approximate surface area is 140 Å². The molecular formula is C17H22N4O3. The maximum absolute atomic E-state index is 13.1. The van der Waals surface area contributed by atoms with Crippen molar-refractivity contribution in [2.24, 2.45) is 0 Å². The molecule has 3 N–H and O–H groups in total. The second-order valence-electron chi connectivity index (χ2n) is 6.43. The molecule has 1 aliphatic rings. The van der Waals surface area contributed by atoms with E-state index in [1.54, 1.807) is 11.8 Å². The van der Waals surface area contributed by atoms with Crippen LogP contribution in [0.2, 0.25) is 0 Å². The number of carbonyl (C=O) groups excluding carboxylic acids is 1. The van der Waals surface area contributed by atoms with Crippen LogP contribution in [0.25, 0.3) is 11.0 Å². The molecule has 1 aromatic carbocycles. The van der Waals surface area contributed by atoms with E-state index in [1.165, 1.54) is 0 Å². The SMILES string of the molecule is Cc1nc2ccc(C(C)(NCC(=O)O)C(=O)N3CCCC3)cc2[nH]1. The molecule has 1 aliphatic heterocycles. The molecule has 1 fully saturated rings. The highest BCUT2D eigenvalue weighted by Gasteiger charge is 2.39. The highest BCUT2D eigenvalue weighted by atomic mass is 16.4. The van der Waals surface area contributed by atoms with Gasteiger partial charge in [-0.2, -0.15) is 0 Å². The van der Waals surface area contributed by atoms with Crippen molar-refractivity contribution < 1.29 is 14.7 Å². The minimum atomic E-state index is -1.09. The normalized spacial score (nSPS) is 17.2. The van der Waals surface area contributed by atoms with Gasteiger partial charge in [0.05, 0.1) is 17.6 Å². The van der Waals surface area contributed by atoms with Crippen LogP contribution in [0.15, 0.2) is 18.2 Å². The van der Waals surface area contributed by atoms with E-state index in [-0.39, 0.29) is 12.5 Å². The number of hydrogen-bond acceptors (Lipinski definition) is 4. The van der Waals surface area contributed by atoms with Crippen LogP contribution >= 0.6 is 0 Å². The molecule has 1 atom stereocenters. The summed E-state index contributed by atoms with van der Waals surface area (Å²) in [6.07, 6.45) is 1.97. The first-order valence-electron chi connectivity index (χ1n) is 8.13. The molecule has 2 aromatic rings. The van der Waals surface area contributed by atoms with E-state index in [0.717, 1.165) is 35.3 Å². The van der Waals surface area contributed by atoms with Gasteiger partial charge in [0, 0.05) is 13.1 Å². The molecule has 1 saturated heterocycles. The number of hydrogen-bond donors (Lipinski definition) is 3. The lowest BCUT2D eigenvalue weighted by molar-refractivity contribution is -0.139. The van der Waals surface area contributed by atoms with Crippen molar-refractivity contribution in [2.45, 2.75) is 32.2 Å². The molecule has 1 unspecified atom stereocenters. The average Bonchev–Trinajstić information content (AvgIpc) is 3.19. The summed E-state index contributed by atoms with van der Waals surface area (Å²) in [6.45, 7) is 4.78. The molecule has 2 heterocycles. The number of nitrogens with zero attached hydrogens (tertiary/aromatic N) is 2. The first-order valence-corrected chi connectivity index (χ1v) is 8.13. The highest BCUT2D eigenvalue weighted by Crippen LogP contribution is 2.28. The van der Waals surface area contributed by atoms with E-state index < -0.39 is 11.5 Å². The van der Waals surface area contributed by atoms with Crippen LogP contribution < -0.4 is 5.32 Å². The number of fused-ring (bicyclic) bond motifs is 1. The number of nitrogens with one attached hydrogen (secondary N) is 2. The standard InChI is InChI=1S/C17H22N4O3/c1-11-19-13-6-5-12(9-14(13)20-11)17(2,18-10-15(22)23)16(24)21-7-3-4-8-21/h5-6,9,18H,3-4,7-8,10H2,1-2H3,(H,19,20)(H,22,23). The van der Waals surface area contributed by atoms with Gasteiger partial charge in [0.2, 0.25) is 5.91 Å². The van der Waals surface area contributed by atoms with Gasteiger partial charge < -0.3 is 15.0 Å².